The first-order valence-corrected chi connectivity index (χ1v) is 7.03. The summed E-state index contributed by atoms with van der Waals surface area (Å²) in [6.45, 7) is 11.6. The standard InChI is InChI=1S/C16H26N2/c1-16(2,3)13-18-10-9-17-15(12-18)11-14-7-5-4-6-8-14/h4-8,15,17H,9-13H2,1-3H3. The highest BCUT2D eigenvalue weighted by Gasteiger charge is 2.23. The van der Waals surface area contributed by atoms with E-state index >= 15 is 0 Å². The van der Waals surface area contributed by atoms with Crippen molar-refractivity contribution in [2.45, 2.75) is 33.2 Å². The van der Waals surface area contributed by atoms with E-state index in [1.54, 1.807) is 0 Å². The van der Waals surface area contributed by atoms with Gasteiger partial charge in [0.1, 0.15) is 0 Å². The van der Waals surface area contributed by atoms with Gasteiger partial charge in [-0.3, -0.25) is 4.90 Å². The van der Waals surface area contributed by atoms with Crippen molar-refractivity contribution in [1.82, 2.24) is 10.2 Å². The van der Waals surface area contributed by atoms with Crippen molar-refractivity contribution in [3.05, 3.63) is 35.9 Å². The average molecular weight is 246 g/mol. The lowest BCUT2D eigenvalue weighted by molar-refractivity contribution is 0.146. The lowest BCUT2D eigenvalue weighted by atomic mass is 9.95. The largest absolute Gasteiger partial charge is 0.311 e. The van der Waals surface area contributed by atoms with Crippen LogP contribution in [0.1, 0.15) is 26.3 Å². The van der Waals surface area contributed by atoms with E-state index < -0.39 is 0 Å². The summed E-state index contributed by atoms with van der Waals surface area (Å²) >= 11 is 0. The Morgan fingerprint density at radius 2 is 1.94 bits per heavy atom. The van der Waals surface area contributed by atoms with Crippen molar-refractivity contribution in [3.8, 4) is 0 Å². The van der Waals surface area contributed by atoms with Crippen molar-refractivity contribution in [2.75, 3.05) is 26.2 Å². The predicted molar refractivity (Wildman–Crippen MR) is 77.8 cm³/mol. The maximum Gasteiger partial charge on any atom is 0.0235 e. The van der Waals surface area contributed by atoms with Gasteiger partial charge in [0.2, 0.25) is 0 Å². The number of nitrogens with zero attached hydrogens (tertiary/aromatic N) is 1. The Morgan fingerprint density at radius 1 is 1.22 bits per heavy atom. The molecule has 1 aliphatic heterocycles. The van der Waals surface area contributed by atoms with Crippen LogP contribution in [-0.4, -0.2) is 37.1 Å². The van der Waals surface area contributed by atoms with Gasteiger partial charge in [-0.15, -0.1) is 0 Å². The minimum absolute atomic E-state index is 0.397. The monoisotopic (exact) mass is 246 g/mol. The molecule has 0 aromatic heterocycles. The fourth-order valence-corrected chi connectivity index (χ4v) is 2.74. The fraction of sp³-hybridized carbons (Fsp3) is 0.625. The third-order valence-electron chi connectivity index (χ3n) is 3.36. The van der Waals surface area contributed by atoms with Crippen molar-refractivity contribution < 1.29 is 0 Å². The second-order valence-corrected chi connectivity index (χ2v) is 6.64. The second kappa shape index (κ2) is 5.85. The van der Waals surface area contributed by atoms with Gasteiger partial charge in [-0.2, -0.15) is 0 Å². The van der Waals surface area contributed by atoms with Crippen LogP contribution in [0.25, 0.3) is 0 Å². The molecule has 1 heterocycles. The first-order valence-electron chi connectivity index (χ1n) is 7.03. The number of hydrogen-bond acceptors (Lipinski definition) is 2. The summed E-state index contributed by atoms with van der Waals surface area (Å²) in [6.07, 6.45) is 1.14. The van der Waals surface area contributed by atoms with Crippen LogP contribution >= 0.6 is 0 Å². The van der Waals surface area contributed by atoms with Crippen LogP contribution in [0.2, 0.25) is 0 Å². The summed E-state index contributed by atoms with van der Waals surface area (Å²) in [6, 6.07) is 11.4. The summed E-state index contributed by atoms with van der Waals surface area (Å²) in [7, 11) is 0. The number of hydrogen-bond donors (Lipinski definition) is 1. The SMILES string of the molecule is CC(C)(C)CN1CCNC(Cc2ccccc2)C1. The summed E-state index contributed by atoms with van der Waals surface area (Å²) in [4.78, 5) is 2.60. The van der Waals surface area contributed by atoms with Gasteiger partial charge in [0.15, 0.2) is 0 Å². The predicted octanol–water partition coefficient (Wildman–Crippen LogP) is 2.55. The Balaban J connectivity index is 1.87. The Morgan fingerprint density at radius 3 is 2.61 bits per heavy atom. The Bertz CT molecular complexity index is 353. The molecule has 1 saturated heterocycles. The van der Waals surface area contributed by atoms with E-state index in [1.807, 2.05) is 0 Å². The zero-order valence-electron chi connectivity index (χ0n) is 11.9. The van der Waals surface area contributed by atoms with Crippen LogP contribution in [0.15, 0.2) is 30.3 Å². The van der Waals surface area contributed by atoms with Crippen LogP contribution in [0, 0.1) is 5.41 Å². The highest BCUT2D eigenvalue weighted by Crippen LogP contribution is 2.17. The van der Waals surface area contributed by atoms with E-state index in [-0.39, 0.29) is 0 Å². The van der Waals surface area contributed by atoms with Gasteiger partial charge < -0.3 is 5.32 Å². The normalized spacial score (nSPS) is 22.1. The van der Waals surface area contributed by atoms with Crippen LogP contribution in [-0.2, 0) is 6.42 Å². The van der Waals surface area contributed by atoms with Crippen molar-refractivity contribution in [3.63, 3.8) is 0 Å². The number of nitrogens with one attached hydrogen (secondary N) is 1. The highest BCUT2D eigenvalue weighted by atomic mass is 15.2. The molecule has 1 fully saturated rings. The van der Waals surface area contributed by atoms with Gasteiger partial charge in [0.05, 0.1) is 0 Å². The topological polar surface area (TPSA) is 15.3 Å². The molecule has 0 amide bonds. The maximum absolute atomic E-state index is 3.64. The molecule has 1 N–H and O–H groups in total. The van der Waals surface area contributed by atoms with E-state index in [4.69, 9.17) is 0 Å². The Hall–Kier alpha value is -0.860. The molecule has 2 nitrogen and oxygen atoms in total. The molecule has 2 rings (SSSR count). The minimum atomic E-state index is 0.397. The number of benzene rings is 1. The molecule has 0 aliphatic carbocycles. The van der Waals surface area contributed by atoms with E-state index in [0.717, 1.165) is 13.0 Å². The molecule has 1 unspecified atom stereocenters. The van der Waals surface area contributed by atoms with Crippen LogP contribution in [0.5, 0.6) is 0 Å². The van der Waals surface area contributed by atoms with Crippen LogP contribution in [0.4, 0.5) is 0 Å². The quantitative estimate of drug-likeness (QED) is 0.882. The summed E-state index contributed by atoms with van der Waals surface area (Å²) in [5.74, 6) is 0. The van der Waals surface area contributed by atoms with Crippen molar-refractivity contribution in [2.24, 2.45) is 5.41 Å². The Labute approximate surface area is 111 Å². The van der Waals surface area contributed by atoms with Crippen molar-refractivity contribution >= 4 is 0 Å². The summed E-state index contributed by atoms with van der Waals surface area (Å²) in [5.41, 5.74) is 1.84. The van der Waals surface area contributed by atoms with E-state index in [9.17, 15) is 0 Å². The third-order valence-corrected chi connectivity index (χ3v) is 3.36. The second-order valence-electron chi connectivity index (χ2n) is 6.64. The molecule has 1 aromatic rings. The first kappa shape index (κ1) is 13.6. The minimum Gasteiger partial charge on any atom is -0.311 e. The first-order chi connectivity index (χ1) is 8.53. The molecule has 1 aliphatic rings. The lowest BCUT2D eigenvalue weighted by Crippen LogP contribution is -2.53. The Kier molecular flexibility index (Phi) is 4.41. The van der Waals surface area contributed by atoms with Gasteiger partial charge in [-0.1, -0.05) is 51.1 Å². The number of piperazine rings is 1. The molecule has 100 valence electrons. The molecule has 0 spiro atoms. The van der Waals surface area contributed by atoms with Crippen LogP contribution < -0.4 is 5.32 Å². The van der Waals surface area contributed by atoms with Gasteiger partial charge in [0.25, 0.3) is 0 Å². The van der Waals surface area contributed by atoms with Crippen molar-refractivity contribution in [1.29, 1.82) is 0 Å². The number of rotatable bonds is 3. The van der Waals surface area contributed by atoms with E-state index in [2.05, 4.69) is 61.3 Å². The molecule has 2 heteroatoms. The van der Waals surface area contributed by atoms with Gasteiger partial charge >= 0.3 is 0 Å². The average Bonchev–Trinajstić information content (AvgIpc) is 2.28. The molecule has 0 bridgehead atoms. The van der Waals surface area contributed by atoms with Gasteiger partial charge in [-0.05, 0) is 17.4 Å². The summed E-state index contributed by atoms with van der Waals surface area (Å²) in [5, 5.41) is 3.64. The maximum atomic E-state index is 3.64. The summed E-state index contributed by atoms with van der Waals surface area (Å²) < 4.78 is 0. The molecular weight excluding hydrogens is 220 g/mol. The van der Waals surface area contributed by atoms with Crippen LogP contribution in [0.3, 0.4) is 0 Å². The fourth-order valence-electron chi connectivity index (χ4n) is 2.74. The zero-order chi connectivity index (χ0) is 13.0. The smallest absolute Gasteiger partial charge is 0.0235 e. The van der Waals surface area contributed by atoms with Gasteiger partial charge in [0, 0.05) is 32.2 Å². The van der Waals surface area contributed by atoms with Gasteiger partial charge in [-0.25, -0.2) is 0 Å². The van der Waals surface area contributed by atoms with E-state index in [0.29, 0.717) is 11.5 Å². The molecule has 18 heavy (non-hydrogen) atoms. The molecule has 0 radical (unpaired) electrons. The molecule has 0 saturated carbocycles. The molecule has 1 atom stereocenters. The lowest BCUT2D eigenvalue weighted by Gasteiger charge is -2.37. The molecular formula is C16H26N2. The van der Waals surface area contributed by atoms with E-state index in [1.165, 1.54) is 25.2 Å². The highest BCUT2D eigenvalue weighted by molar-refractivity contribution is 5.16. The third kappa shape index (κ3) is 4.43. The zero-order valence-corrected chi connectivity index (χ0v) is 11.9. The molecule has 1 aromatic carbocycles.